The zero-order valence-electron chi connectivity index (χ0n) is 13.8. The average molecular weight is 381 g/mol. The second kappa shape index (κ2) is 8.69. The standard InChI is InChI=1S/C17H18Cl2N4O2/c1-10-3-4-12(7-15(10)23-11(2)24)17(25)21-6-5-20-16-14(19)8-13(18)9-22-16/h3-4,7-9H,5-6H2,1-2H3,(H,20,22)(H,21,25)(H,23,24). The van der Waals surface area contributed by atoms with Gasteiger partial charge in [-0.05, 0) is 30.7 Å². The first-order valence-corrected chi connectivity index (χ1v) is 8.34. The molecule has 2 rings (SSSR count). The van der Waals surface area contributed by atoms with Crippen molar-refractivity contribution in [2.24, 2.45) is 0 Å². The fourth-order valence-electron chi connectivity index (χ4n) is 2.09. The number of carbonyl (C=O) groups is 2. The Bertz CT molecular complexity index is 796. The van der Waals surface area contributed by atoms with Gasteiger partial charge in [-0.25, -0.2) is 4.98 Å². The number of hydrogen-bond acceptors (Lipinski definition) is 4. The Morgan fingerprint density at radius 2 is 1.92 bits per heavy atom. The van der Waals surface area contributed by atoms with Gasteiger partial charge in [0.25, 0.3) is 5.91 Å². The van der Waals surface area contributed by atoms with E-state index in [0.29, 0.717) is 40.2 Å². The van der Waals surface area contributed by atoms with Gasteiger partial charge in [-0.2, -0.15) is 0 Å². The summed E-state index contributed by atoms with van der Waals surface area (Å²) in [5.74, 6) is 0.0874. The number of benzene rings is 1. The summed E-state index contributed by atoms with van der Waals surface area (Å²) in [6.45, 7) is 4.11. The molecule has 0 aliphatic rings. The predicted octanol–water partition coefficient (Wildman–Crippen LogP) is 3.50. The molecular formula is C17H18Cl2N4O2. The van der Waals surface area contributed by atoms with Crippen molar-refractivity contribution in [3.05, 3.63) is 51.6 Å². The number of amides is 2. The number of nitrogens with zero attached hydrogens (tertiary/aromatic N) is 1. The molecule has 1 aromatic heterocycles. The van der Waals surface area contributed by atoms with Crippen LogP contribution in [0.15, 0.2) is 30.5 Å². The molecule has 8 heteroatoms. The van der Waals surface area contributed by atoms with E-state index >= 15 is 0 Å². The van der Waals surface area contributed by atoms with E-state index in [1.807, 2.05) is 6.92 Å². The van der Waals surface area contributed by atoms with Gasteiger partial charge < -0.3 is 16.0 Å². The number of rotatable bonds is 6. The number of carbonyl (C=O) groups excluding carboxylic acids is 2. The topological polar surface area (TPSA) is 83.1 Å². The molecule has 132 valence electrons. The molecule has 25 heavy (non-hydrogen) atoms. The van der Waals surface area contributed by atoms with Gasteiger partial charge in [0.15, 0.2) is 0 Å². The van der Waals surface area contributed by atoms with Crippen LogP contribution in [0.4, 0.5) is 11.5 Å². The minimum Gasteiger partial charge on any atom is -0.367 e. The lowest BCUT2D eigenvalue weighted by atomic mass is 10.1. The van der Waals surface area contributed by atoms with Gasteiger partial charge in [0.2, 0.25) is 5.91 Å². The number of halogens is 2. The highest BCUT2D eigenvalue weighted by atomic mass is 35.5. The number of pyridine rings is 1. The van der Waals surface area contributed by atoms with Gasteiger partial charge in [0.1, 0.15) is 5.82 Å². The van der Waals surface area contributed by atoms with Crippen molar-refractivity contribution < 1.29 is 9.59 Å². The van der Waals surface area contributed by atoms with Gasteiger partial charge in [-0.15, -0.1) is 0 Å². The van der Waals surface area contributed by atoms with Crippen LogP contribution in [0.5, 0.6) is 0 Å². The predicted molar refractivity (Wildman–Crippen MR) is 101 cm³/mol. The SMILES string of the molecule is CC(=O)Nc1cc(C(=O)NCCNc2ncc(Cl)cc2Cl)ccc1C. The maximum absolute atomic E-state index is 12.2. The number of anilines is 2. The average Bonchev–Trinajstić information content (AvgIpc) is 2.54. The number of hydrogen-bond donors (Lipinski definition) is 3. The van der Waals surface area contributed by atoms with E-state index in [-0.39, 0.29) is 11.8 Å². The van der Waals surface area contributed by atoms with E-state index in [0.717, 1.165) is 5.56 Å². The van der Waals surface area contributed by atoms with E-state index in [1.54, 1.807) is 24.3 Å². The first kappa shape index (κ1) is 19.0. The summed E-state index contributed by atoms with van der Waals surface area (Å²) in [5, 5.41) is 9.38. The van der Waals surface area contributed by atoms with E-state index in [1.165, 1.54) is 13.1 Å². The largest absolute Gasteiger partial charge is 0.367 e. The third kappa shape index (κ3) is 5.62. The molecule has 0 fully saturated rings. The zero-order valence-corrected chi connectivity index (χ0v) is 15.3. The van der Waals surface area contributed by atoms with Crippen LogP contribution in [-0.4, -0.2) is 29.9 Å². The zero-order chi connectivity index (χ0) is 18.4. The van der Waals surface area contributed by atoms with Crippen molar-refractivity contribution in [1.82, 2.24) is 10.3 Å². The smallest absolute Gasteiger partial charge is 0.251 e. The molecule has 0 aliphatic carbocycles. The second-order valence-corrected chi connectivity index (χ2v) is 6.22. The van der Waals surface area contributed by atoms with Crippen LogP contribution in [0, 0.1) is 6.92 Å². The van der Waals surface area contributed by atoms with Crippen LogP contribution in [-0.2, 0) is 4.79 Å². The summed E-state index contributed by atoms with van der Waals surface area (Å²) >= 11 is 11.8. The summed E-state index contributed by atoms with van der Waals surface area (Å²) in [4.78, 5) is 27.5. The van der Waals surface area contributed by atoms with Gasteiger partial charge >= 0.3 is 0 Å². The molecule has 0 radical (unpaired) electrons. The maximum Gasteiger partial charge on any atom is 0.251 e. The molecule has 0 saturated heterocycles. The summed E-state index contributed by atoms with van der Waals surface area (Å²) in [7, 11) is 0. The fraction of sp³-hybridized carbons (Fsp3) is 0.235. The normalized spacial score (nSPS) is 10.2. The van der Waals surface area contributed by atoms with Crippen LogP contribution < -0.4 is 16.0 Å². The van der Waals surface area contributed by atoms with Crippen molar-refractivity contribution in [2.45, 2.75) is 13.8 Å². The molecule has 1 aromatic carbocycles. The molecule has 0 saturated carbocycles. The third-order valence-corrected chi connectivity index (χ3v) is 3.82. The molecule has 1 heterocycles. The molecule has 3 N–H and O–H groups in total. The van der Waals surface area contributed by atoms with Gasteiger partial charge in [-0.3, -0.25) is 9.59 Å². The van der Waals surface area contributed by atoms with Gasteiger partial charge in [-0.1, -0.05) is 29.3 Å². The lowest BCUT2D eigenvalue weighted by Crippen LogP contribution is -2.29. The minimum atomic E-state index is -0.233. The van der Waals surface area contributed by atoms with E-state index in [2.05, 4.69) is 20.9 Å². The van der Waals surface area contributed by atoms with Crippen molar-refractivity contribution >= 4 is 46.5 Å². The monoisotopic (exact) mass is 380 g/mol. The Kier molecular flexibility index (Phi) is 6.61. The first-order chi connectivity index (χ1) is 11.9. The second-order valence-electron chi connectivity index (χ2n) is 5.38. The van der Waals surface area contributed by atoms with Crippen molar-refractivity contribution in [3.8, 4) is 0 Å². The number of aromatic nitrogens is 1. The first-order valence-electron chi connectivity index (χ1n) is 7.58. The van der Waals surface area contributed by atoms with Crippen LogP contribution in [0.3, 0.4) is 0 Å². The lowest BCUT2D eigenvalue weighted by Gasteiger charge is -2.11. The van der Waals surface area contributed by atoms with Crippen molar-refractivity contribution in [3.63, 3.8) is 0 Å². The molecule has 0 aliphatic heterocycles. The molecule has 0 spiro atoms. The summed E-state index contributed by atoms with van der Waals surface area (Å²) in [6.07, 6.45) is 1.49. The Morgan fingerprint density at radius 1 is 1.16 bits per heavy atom. The van der Waals surface area contributed by atoms with Crippen molar-refractivity contribution in [1.29, 1.82) is 0 Å². The van der Waals surface area contributed by atoms with Crippen LogP contribution in [0.25, 0.3) is 0 Å². The van der Waals surface area contributed by atoms with Gasteiger partial charge in [0.05, 0.1) is 10.0 Å². The molecule has 0 unspecified atom stereocenters. The summed E-state index contributed by atoms with van der Waals surface area (Å²) in [6, 6.07) is 6.74. The number of nitrogens with one attached hydrogen (secondary N) is 3. The lowest BCUT2D eigenvalue weighted by molar-refractivity contribution is -0.114. The highest BCUT2D eigenvalue weighted by Crippen LogP contribution is 2.22. The molecule has 2 amide bonds. The van der Waals surface area contributed by atoms with Crippen LogP contribution in [0.2, 0.25) is 10.0 Å². The Labute approximate surface area is 155 Å². The Hall–Kier alpha value is -2.31. The molecule has 2 aromatic rings. The molecular weight excluding hydrogens is 363 g/mol. The minimum absolute atomic E-state index is 0.183. The Morgan fingerprint density at radius 3 is 2.60 bits per heavy atom. The summed E-state index contributed by atoms with van der Waals surface area (Å²) in [5.41, 5.74) is 1.98. The van der Waals surface area contributed by atoms with E-state index < -0.39 is 0 Å². The van der Waals surface area contributed by atoms with Crippen LogP contribution in [0.1, 0.15) is 22.8 Å². The molecule has 0 bridgehead atoms. The van der Waals surface area contributed by atoms with E-state index in [4.69, 9.17) is 23.2 Å². The quantitative estimate of drug-likeness (QED) is 0.669. The molecule has 6 nitrogen and oxygen atoms in total. The van der Waals surface area contributed by atoms with Gasteiger partial charge in [0, 0.05) is 37.5 Å². The third-order valence-electron chi connectivity index (χ3n) is 3.32. The maximum atomic E-state index is 12.2. The van der Waals surface area contributed by atoms with Crippen LogP contribution >= 0.6 is 23.2 Å². The summed E-state index contributed by atoms with van der Waals surface area (Å²) < 4.78 is 0. The fourth-order valence-corrected chi connectivity index (χ4v) is 2.54. The number of aryl methyl sites for hydroxylation is 1. The highest BCUT2D eigenvalue weighted by molar-refractivity contribution is 6.35. The Balaban J connectivity index is 1.89. The van der Waals surface area contributed by atoms with E-state index in [9.17, 15) is 9.59 Å². The molecule has 0 atom stereocenters. The highest BCUT2D eigenvalue weighted by Gasteiger charge is 2.09. The van der Waals surface area contributed by atoms with Crippen molar-refractivity contribution in [2.75, 3.05) is 23.7 Å².